The second-order valence-electron chi connectivity index (χ2n) is 7.09. The maximum absolute atomic E-state index is 13.1. The summed E-state index contributed by atoms with van der Waals surface area (Å²) in [7, 11) is 0. The van der Waals surface area contributed by atoms with Gasteiger partial charge in [0.05, 0.1) is 17.9 Å². The van der Waals surface area contributed by atoms with Crippen LogP contribution in [0.4, 0.5) is 0 Å². The summed E-state index contributed by atoms with van der Waals surface area (Å²) < 4.78 is 5.29. The summed E-state index contributed by atoms with van der Waals surface area (Å²) >= 11 is 0. The van der Waals surface area contributed by atoms with E-state index in [2.05, 4.69) is 11.9 Å². The number of hydrogen-bond acceptors (Lipinski definition) is 3. The Bertz CT molecular complexity index is 1090. The molecule has 0 radical (unpaired) electrons. The summed E-state index contributed by atoms with van der Waals surface area (Å²) in [5.74, 6) is -0.551. The number of carbonyl (C=O) groups excluding carboxylic acids is 2. The van der Waals surface area contributed by atoms with Gasteiger partial charge in [-0.1, -0.05) is 37.3 Å². The third-order valence-corrected chi connectivity index (χ3v) is 5.34. The molecule has 2 aromatic carbocycles. The van der Waals surface area contributed by atoms with Crippen LogP contribution in [0, 0.1) is 0 Å². The van der Waals surface area contributed by atoms with Gasteiger partial charge < -0.3 is 14.6 Å². The highest BCUT2D eigenvalue weighted by Crippen LogP contribution is 2.31. The highest BCUT2D eigenvalue weighted by molar-refractivity contribution is 6.18. The van der Waals surface area contributed by atoms with Crippen molar-refractivity contribution in [1.29, 1.82) is 0 Å². The monoisotopic (exact) mass is 388 g/mol. The number of para-hydroxylation sites is 1. The van der Waals surface area contributed by atoms with Crippen molar-refractivity contribution >= 4 is 28.4 Å². The van der Waals surface area contributed by atoms with Crippen LogP contribution in [0.2, 0.25) is 0 Å². The Hall–Kier alpha value is -3.34. The summed E-state index contributed by atoms with van der Waals surface area (Å²) in [6, 6.07) is 15.6. The molecule has 0 saturated carbocycles. The average molecular weight is 388 g/mol. The molecule has 29 heavy (non-hydrogen) atoms. The van der Waals surface area contributed by atoms with Gasteiger partial charge in [-0.15, -0.1) is 0 Å². The largest absolute Gasteiger partial charge is 0.462 e. The fraction of sp³-hybridized carbons (Fsp3) is 0.250. The first-order valence-electron chi connectivity index (χ1n) is 10.0. The maximum atomic E-state index is 13.1. The second-order valence-corrected chi connectivity index (χ2v) is 7.09. The minimum absolute atomic E-state index is 0.121. The van der Waals surface area contributed by atoms with Gasteiger partial charge in [0.1, 0.15) is 0 Å². The zero-order valence-corrected chi connectivity index (χ0v) is 16.7. The molecule has 0 bridgehead atoms. The lowest BCUT2D eigenvalue weighted by Crippen LogP contribution is -2.28. The van der Waals surface area contributed by atoms with Crippen LogP contribution in [0.15, 0.2) is 54.7 Å². The van der Waals surface area contributed by atoms with E-state index < -0.39 is 5.97 Å². The van der Waals surface area contributed by atoms with Crippen molar-refractivity contribution in [3.63, 3.8) is 0 Å². The second kappa shape index (κ2) is 7.95. The molecular formula is C24H24N2O3. The minimum Gasteiger partial charge on any atom is -0.462 e. The number of esters is 1. The van der Waals surface area contributed by atoms with Gasteiger partial charge in [-0.25, -0.2) is 4.79 Å². The van der Waals surface area contributed by atoms with Crippen LogP contribution in [-0.4, -0.2) is 34.9 Å². The SMILES string of the molecule is CCOC(=O)C1=CN(C(=O)c2ccc(CC)cc2)CCc2c1[nH]c1ccccc21. The van der Waals surface area contributed by atoms with Crippen molar-refractivity contribution in [1.82, 2.24) is 9.88 Å². The molecule has 4 rings (SSSR count). The molecule has 1 aromatic heterocycles. The molecule has 0 atom stereocenters. The first kappa shape index (κ1) is 19.0. The Labute approximate surface area is 170 Å². The molecule has 148 valence electrons. The first-order chi connectivity index (χ1) is 14.1. The van der Waals surface area contributed by atoms with Crippen molar-refractivity contribution < 1.29 is 14.3 Å². The Morgan fingerprint density at radius 3 is 2.55 bits per heavy atom. The Morgan fingerprint density at radius 2 is 1.83 bits per heavy atom. The number of nitrogens with one attached hydrogen (secondary N) is 1. The molecule has 0 aliphatic carbocycles. The summed E-state index contributed by atoms with van der Waals surface area (Å²) in [6.07, 6.45) is 3.21. The molecule has 0 saturated heterocycles. The molecule has 0 unspecified atom stereocenters. The van der Waals surface area contributed by atoms with Crippen molar-refractivity contribution in [2.75, 3.05) is 13.2 Å². The molecule has 0 fully saturated rings. The molecule has 0 spiro atoms. The molecule has 1 amide bonds. The van der Waals surface area contributed by atoms with Crippen molar-refractivity contribution in [2.24, 2.45) is 0 Å². The van der Waals surface area contributed by atoms with Gasteiger partial charge in [0.25, 0.3) is 5.91 Å². The van der Waals surface area contributed by atoms with Crippen LogP contribution in [0.3, 0.4) is 0 Å². The molecule has 1 aliphatic rings. The standard InChI is InChI=1S/C24H24N2O3/c1-3-16-9-11-17(12-10-16)23(27)26-14-13-19-18-7-5-6-8-21(18)25-22(19)20(15-26)24(28)29-4-2/h5-12,15,25H,3-4,13-14H2,1-2H3. The van der Waals surface area contributed by atoms with E-state index in [1.807, 2.05) is 48.5 Å². The van der Waals surface area contributed by atoms with Gasteiger partial charge >= 0.3 is 5.97 Å². The first-order valence-corrected chi connectivity index (χ1v) is 10.0. The number of carbonyl (C=O) groups is 2. The number of amides is 1. The molecule has 2 heterocycles. The lowest BCUT2D eigenvalue weighted by atomic mass is 10.0. The van der Waals surface area contributed by atoms with Crippen LogP contribution in [0.5, 0.6) is 0 Å². The number of aromatic amines is 1. The van der Waals surface area contributed by atoms with E-state index in [9.17, 15) is 9.59 Å². The number of benzene rings is 2. The van der Waals surface area contributed by atoms with Gasteiger partial charge in [-0.05, 0) is 49.1 Å². The zero-order chi connectivity index (χ0) is 20.4. The van der Waals surface area contributed by atoms with Crippen molar-refractivity contribution in [3.05, 3.63) is 77.1 Å². The number of aryl methyl sites for hydroxylation is 1. The minimum atomic E-state index is -0.429. The average Bonchev–Trinajstić information content (AvgIpc) is 3.01. The van der Waals surface area contributed by atoms with Crippen LogP contribution >= 0.6 is 0 Å². The number of ether oxygens (including phenoxy) is 1. The fourth-order valence-electron chi connectivity index (χ4n) is 3.78. The molecular weight excluding hydrogens is 364 g/mol. The summed E-state index contributed by atoms with van der Waals surface area (Å²) in [6.45, 7) is 4.63. The van der Waals surface area contributed by atoms with E-state index in [1.165, 1.54) is 5.56 Å². The number of H-pyrrole nitrogens is 1. The van der Waals surface area contributed by atoms with E-state index in [-0.39, 0.29) is 12.5 Å². The van der Waals surface area contributed by atoms with Gasteiger partial charge in [-0.3, -0.25) is 4.79 Å². The molecule has 1 aliphatic heterocycles. The fourth-order valence-corrected chi connectivity index (χ4v) is 3.78. The number of rotatable bonds is 4. The summed E-state index contributed by atoms with van der Waals surface area (Å²) in [5, 5.41) is 1.07. The van der Waals surface area contributed by atoms with Gasteiger partial charge in [0, 0.05) is 29.2 Å². The summed E-state index contributed by atoms with van der Waals surface area (Å²) in [5.41, 5.74) is 4.92. The smallest absolute Gasteiger partial charge is 0.341 e. The maximum Gasteiger partial charge on any atom is 0.341 e. The number of hydrogen-bond donors (Lipinski definition) is 1. The van der Waals surface area contributed by atoms with E-state index in [0.717, 1.165) is 28.6 Å². The predicted molar refractivity (Wildman–Crippen MR) is 113 cm³/mol. The topological polar surface area (TPSA) is 62.4 Å². The van der Waals surface area contributed by atoms with E-state index >= 15 is 0 Å². The normalized spacial score (nSPS) is 13.6. The van der Waals surface area contributed by atoms with Gasteiger partial charge in [0.15, 0.2) is 0 Å². The number of nitrogens with zero attached hydrogens (tertiary/aromatic N) is 1. The molecule has 3 aromatic rings. The van der Waals surface area contributed by atoms with Gasteiger partial charge in [-0.2, -0.15) is 0 Å². The zero-order valence-electron chi connectivity index (χ0n) is 16.7. The predicted octanol–water partition coefficient (Wildman–Crippen LogP) is 4.33. The van der Waals surface area contributed by atoms with Crippen molar-refractivity contribution in [2.45, 2.75) is 26.7 Å². The quantitative estimate of drug-likeness (QED) is 0.677. The number of aromatic nitrogens is 1. The lowest BCUT2D eigenvalue weighted by Gasteiger charge is -2.18. The van der Waals surface area contributed by atoms with Crippen LogP contribution in [-0.2, 0) is 22.4 Å². The van der Waals surface area contributed by atoms with Crippen LogP contribution in [0.25, 0.3) is 16.5 Å². The number of fused-ring (bicyclic) bond motifs is 3. The molecule has 5 nitrogen and oxygen atoms in total. The highest BCUT2D eigenvalue weighted by atomic mass is 16.5. The van der Waals surface area contributed by atoms with Crippen LogP contribution < -0.4 is 0 Å². The lowest BCUT2D eigenvalue weighted by molar-refractivity contribution is -0.136. The Kier molecular flexibility index (Phi) is 5.21. The summed E-state index contributed by atoms with van der Waals surface area (Å²) in [4.78, 5) is 30.8. The molecule has 5 heteroatoms. The Balaban J connectivity index is 1.76. The molecule has 1 N–H and O–H groups in total. The van der Waals surface area contributed by atoms with Crippen LogP contribution in [0.1, 0.15) is 41.0 Å². The highest BCUT2D eigenvalue weighted by Gasteiger charge is 2.27. The Morgan fingerprint density at radius 1 is 1.07 bits per heavy atom. The van der Waals surface area contributed by atoms with E-state index in [1.54, 1.807) is 18.0 Å². The van der Waals surface area contributed by atoms with Gasteiger partial charge in [0.2, 0.25) is 0 Å². The van der Waals surface area contributed by atoms with Crippen molar-refractivity contribution in [3.8, 4) is 0 Å². The van der Waals surface area contributed by atoms with E-state index in [0.29, 0.717) is 24.1 Å². The third kappa shape index (κ3) is 3.56. The third-order valence-electron chi connectivity index (χ3n) is 5.34. The van der Waals surface area contributed by atoms with E-state index in [4.69, 9.17) is 4.74 Å².